The molecule has 0 fully saturated rings. The molecule has 1 atom stereocenters. The summed E-state index contributed by atoms with van der Waals surface area (Å²) in [6.07, 6.45) is -0.216. The molecule has 1 N–H and O–H groups in total. The fourth-order valence-corrected chi connectivity index (χ4v) is 1.95. The molecule has 0 bridgehead atoms. The molecule has 23 heavy (non-hydrogen) atoms. The lowest BCUT2D eigenvalue weighted by atomic mass is 10.1. The SMILES string of the molecule is CC(C)C(C)Oc1cc(-n2c(=O)[nH]c(=O)n2C)c(F)cc1C#N. The number of nitriles is 1. The standard InChI is InChI=1S/C15H17FN4O3/c1-8(2)9(3)23-13-6-12(11(16)5-10(13)7-17)20-15(22)18-14(21)19(20)4/h5-6,8-9H,1-4H3,(H,18,21,22). The summed E-state index contributed by atoms with van der Waals surface area (Å²) in [5, 5.41) is 9.14. The fraction of sp³-hybridized carbons (Fsp3) is 0.400. The van der Waals surface area contributed by atoms with Crippen molar-refractivity contribution < 1.29 is 9.13 Å². The van der Waals surface area contributed by atoms with Gasteiger partial charge in [-0.15, -0.1) is 0 Å². The third-order valence-corrected chi connectivity index (χ3v) is 3.65. The van der Waals surface area contributed by atoms with Crippen LogP contribution in [0.25, 0.3) is 5.69 Å². The first-order valence-electron chi connectivity index (χ1n) is 7.05. The Morgan fingerprint density at radius 2 is 1.91 bits per heavy atom. The third-order valence-electron chi connectivity index (χ3n) is 3.65. The van der Waals surface area contributed by atoms with Gasteiger partial charge < -0.3 is 4.74 Å². The van der Waals surface area contributed by atoms with Gasteiger partial charge in [0.1, 0.15) is 17.5 Å². The molecule has 1 aromatic carbocycles. The summed E-state index contributed by atoms with van der Waals surface area (Å²) in [7, 11) is 1.33. The molecule has 0 aliphatic rings. The van der Waals surface area contributed by atoms with E-state index < -0.39 is 17.2 Å². The molecule has 0 aliphatic heterocycles. The zero-order valence-corrected chi connectivity index (χ0v) is 13.3. The number of H-pyrrole nitrogens is 1. The van der Waals surface area contributed by atoms with Crippen molar-refractivity contribution in [2.75, 3.05) is 0 Å². The third kappa shape index (κ3) is 3.04. The van der Waals surface area contributed by atoms with Crippen molar-refractivity contribution >= 4 is 0 Å². The number of nitrogens with zero attached hydrogens (tertiary/aromatic N) is 3. The van der Waals surface area contributed by atoms with Crippen molar-refractivity contribution in [2.45, 2.75) is 26.9 Å². The van der Waals surface area contributed by atoms with Crippen molar-refractivity contribution in [3.63, 3.8) is 0 Å². The Labute approximate surface area is 131 Å². The van der Waals surface area contributed by atoms with Gasteiger partial charge in [0.2, 0.25) is 0 Å². The van der Waals surface area contributed by atoms with Crippen LogP contribution in [-0.4, -0.2) is 20.5 Å². The molecule has 122 valence electrons. The number of aromatic amines is 1. The van der Waals surface area contributed by atoms with Crippen molar-refractivity contribution in [1.29, 1.82) is 5.26 Å². The summed E-state index contributed by atoms with van der Waals surface area (Å²) in [5.74, 6) is -0.470. The Bertz CT molecular complexity index is 886. The van der Waals surface area contributed by atoms with E-state index in [1.807, 2.05) is 26.8 Å². The second-order valence-corrected chi connectivity index (χ2v) is 5.55. The van der Waals surface area contributed by atoms with E-state index in [2.05, 4.69) is 4.98 Å². The molecule has 0 saturated carbocycles. The van der Waals surface area contributed by atoms with E-state index in [0.29, 0.717) is 0 Å². The van der Waals surface area contributed by atoms with Gasteiger partial charge >= 0.3 is 11.4 Å². The molecule has 0 saturated heterocycles. The van der Waals surface area contributed by atoms with Crippen LogP contribution in [0.3, 0.4) is 0 Å². The Kier molecular flexibility index (Phi) is 4.40. The lowest BCUT2D eigenvalue weighted by Crippen LogP contribution is -2.24. The van der Waals surface area contributed by atoms with Crippen molar-refractivity contribution in [3.05, 3.63) is 44.5 Å². The van der Waals surface area contributed by atoms with Crippen LogP contribution in [0.1, 0.15) is 26.3 Å². The van der Waals surface area contributed by atoms with Crippen molar-refractivity contribution in [1.82, 2.24) is 14.3 Å². The molecule has 0 amide bonds. The largest absolute Gasteiger partial charge is 0.489 e. The molecule has 8 heteroatoms. The lowest BCUT2D eigenvalue weighted by Gasteiger charge is -2.19. The summed E-state index contributed by atoms with van der Waals surface area (Å²) in [5.41, 5.74) is -1.59. The molecule has 0 radical (unpaired) electrons. The van der Waals surface area contributed by atoms with Gasteiger partial charge in [0.05, 0.1) is 11.7 Å². The second kappa shape index (κ2) is 6.12. The summed E-state index contributed by atoms with van der Waals surface area (Å²) < 4.78 is 21.8. The number of rotatable bonds is 4. The first-order chi connectivity index (χ1) is 10.8. The number of benzene rings is 1. The van der Waals surface area contributed by atoms with E-state index in [0.717, 1.165) is 15.4 Å². The van der Waals surface area contributed by atoms with E-state index in [1.165, 1.54) is 13.1 Å². The Hall–Kier alpha value is -2.82. The highest BCUT2D eigenvalue weighted by atomic mass is 19.1. The van der Waals surface area contributed by atoms with E-state index in [-0.39, 0.29) is 29.0 Å². The van der Waals surface area contributed by atoms with E-state index in [1.54, 1.807) is 0 Å². The zero-order valence-electron chi connectivity index (χ0n) is 13.3. The first kappa shape index (κ1) is 16.5. The maximum atomic E-state index is 14.3. The fourth-order valence-electron chi connectivity index (χ4n) is 1.95. The van der Waals surface area contributed by atoms with Crippen LogP contribution >= 0.6 is 0 Å². The van der Waals surface area contributed by atoms with Crippen LogP contribution < -0.4 is 16.1 Å². The highest BCUT2D eigenvalue weighted by Crippen LogP contribution is 2.26. The molecule has 1 aromatic heterocycles. The summed E-state index contributed by atoms with van der Waals surface area (Å²) >= 11 is 0. The van der Waals surface area contributed by atoms with Gasteiger partial charge in [-0.05, 0) is 18.9 Å². The van der Waals surface area contributed by atoms with Gasteiger partial charge in [-0.25, -0.2) is 18.7 Å². The minimum Gasteiger partial charge on any atom is -0.489 e. The van der Waals surface area contributed by atoms with Gasteiger partial charge in [-0.2, -0.15) is 9.94 Å². The van der Waals surface area contributed by atoms with Crippen LogP contribution in [-0.2, 0) is 7.05 Å². The average molecular weight is 320 g/mol. The van der Waals surface area contributed by atoms with Crippen LogP contribution in [0.5, 0.6) is 5.75 Å². The average Bonchev–Trinajstić information content (AvgIpc) is 2.73. The Balaban J connectivity index is 2.65. The van der Waals surface area contributed by atoms with E-state index in [4.69, 9.17) is 10.00 Å². The molecular weight excluding hydrogens is 303 g/mol. The van der Waals surface area contributed by atoms with Crippen molar-refractivity contribution in [2.24, 2.45) is 13.0 Å². The van der Waals surface area contributed by atoms with Gasteiger partial charge in [0.15, 0.2) is 5.82 Å². The second-order valence-electron chi connectivity index (χ2n) is 5.55. The monoisotopic (exact) mass is 320 g/mol. The van der Waals surface area contributed by atoms with Crippen LogP contribution in [0, 0.1) is 23.1 Å². The minimum absolute atomic E-state index is 0.0207. The molecule has 7 nitrogen and oxygen atoms in total. The van der Waals surface area contributed by atoms with E-state index >= 15 is 0 Å². The van der Waals surface area contributed by atoms with Crippen LogP contribution in [0.15, 0.2) is 21.7 Å². The number of nitrogens with one attached hydrogen (secondary N) is 1. The Morgan fingerprint density at radius 3 is 2.39 bits per heavy atom. The van der Waals surface area contributed by atoms with Gasteiger partial charge in [0, 0.05) is 13.1 Å². The zero-order chi connectivity index (χ0) is 17.3. The maximum Gasteiger partial charge on any atom is 0.349 e. The molecular formula is C15H17FN4O3. The van der Waals surface area contributed by atoms with Gasteiger partial charge in [-0.3, -0.25) is 4.98 Å². The maximum absolute atomic E-state index is 14.3. The number of aromatic nitrogens is 3. The first-order valence-corrected chi connectivity index (χ1v) is 7.05. The van der Waals surface area contributed by atoms with Gasteiger partial charge in [0.25, 0.3) is 0 Å². The van der Waals surface area contributed by atoms with E-state index in [9.17, 15) is 14.0 Å². The Morgan fingerprint density at radius 1 is 1.26 bits per heavy atom. The molecule has 0 aliphatic carbocycles. The lowest BCUT2D eigenvalue weighted by molar-refractivity contribution is 0.169. The molecule has 2 aromatic rings. The number of hydrogen-bond acceptors (Lipinski definition) is 4. The van der Waals surface area contributed by atoms with Gasteiger partial charge in [-0.1, -0.05) is 13.8 Å². The predicted octanol–water partition coefficient (Wildman–Crippen LogP) is 1.30. The summed E-state index contributed by atoms with van der Waals surface area (Å²) in [6, 6.07) is 4.10. The molecule has 2 rings (SSSR count). The number of halogens is 1. The van der Waals surface area contributed by atoms with Crippen LogP contribution in [0.2, 0.25) is 0 Å². The summed E-state index contributed by atoms with van der Waals surface area (Å²) in [4.78, 5) is 25.4. The van der Waals surface area contributed by atoms with Crippen molar-refractivity contribution in [3.8, 4) is 17.5 Å². The van der Waals surface area contributed by atoms with Crippen LogP contribution in [0.4, 0.5) is 4.39 Å². The summed E-state index contributed by atoms with van der Waals surface area (Å²) in [6.45, 7) is 5.72. The number of ether oxygens (including phenoxy) is 1. The predicted molar refractivity (Wildman–Crippen MR) is 81.2 cm³/mol. The minimum atomic E-state index is -0.803. The molecule has 1 heterocycles. The quantitative estimate of drug-likeness (QED) is 0.919. The smallest absolute Gasteiger partial charge is 0.349 e. The number of hydrogen-bond donors (Lipinski definition) is 1. The molecule has 0 spiro atoms. The highest BCUT2D eigenvalue weighted by Gasteiger charge is 2.19. The molecule has 1 unspecified atom stereocenters. The normalized spacial score (nSPS) is 12.2. The highest BCUT2D eigenvalue weighted by molar-refractivity contribution is 5.51. The topological polar surface area (TPSA) is 92.8 Å².